The highest BCUT2D eigenvalue weighted by Crippen LogP contribution is 2.36. The zero-order chi connectivity index (χ0) is 27.9. The Hall–Kier alpha value is -4.82. The molecule has 1 aliphatic rings. The van der Waals surface area contributed by atoms with Crippen LogP contribution in [-0.4, -0.2) is 9.97 Å². The van der Waals surface area contributed by atoms with Gasteiger partial charge in [-0.15, -0.1) is 0 Å². The molecule has 0 spiro atoms. The fourth-order valence-corrected chi connectivity index (χ4v) is 5.44. The summed E-state index contributed by atoms with van der Waals surface area (Å²) in [5, 5.41) is 0. The molecule has 0 bridgehead atoms. The Labute approximate surface area is 243 Å². The highest BCUT2D eigenvalue weighted by Gasteiger charge is 2.20. The van der Waals surface area contributed by atoms with Crippen LogP contribution in [-0.2, 0) is 6.42 Å². The number of allylic oxidation sites excluding steroid dienone is 5. The number of hydrogen-bond donors (Lipinski definition) is 0. The van der Waals surface area contributed by atoms with E-state index in [-0.39, 0.29) is 5.92 Å². The fraction of sp³-hybridized carbons (Fsp3) is 0.128. The number of rotatable bonds is 8. The van der Waals surface area contributed by atoms with Crippen LogP contribution in [0.5, 0.6) is 0 Å². The standard InChI is InChI=1S/C39H34N2/c1-2-3-13-30-16-10-11-19-34(30)26-29-22-24-32(25-23-29)38-37(28-40-39(41-38)33-17-8-5-9-18-33)36-21-12-20-35(27-36)31-14-6-4-7-15-31/h3-24,27-28,32H,2,25-26H2,1H3/b13-3-. The molecule has 2 nitrogen and oxygen atoms in total. The topological polar surface area (TPSA) is 25.8 Å². The van der Waals surface area contributed by atoms with Crippen LogP contribution in [0.2, 0.25) is 0 Å². The van der Waals surface area contributed by atoms with Crippen molar-refractivity contribution in [1.82, 2.24) is 9.97 Å². The van der Waals surface area contributed by atoms with Crippen molar-refractivity contribution in [2.24, 2.45) is 0 Å². The van der Waals surface area contributed by atoms with Crippen molar-refractivity contribution in [3.05, 3.63) is 162 Å². The van der Waals surface area contributed by atoms with E-state index in [9.17, 15) is 0 Å². The predicted molar refractivity (Wildman–Crippen MR) is 172 cm³/mol. The van der Waals surface area contributed by atoms with Crippen molar-refractivity contribution in [2.45, 2.75) is 32.1 Å². The summed E-state index contributed by atoms with van der Waals surface area (Å²) in [4.78, 5) is 10.0. The van der Waals surface area contributed by atoms with Gasteiger partial charge in [0.05, 0.1) is 5.69 Å². The van der Waals surface area contributed by atoms with Gasteiger partial charge in [0, 0.05) is 23.2 Å². The first-order valence-electron chi connectivity index (χ1n) is 14.5. The minimum Gasteiger partial charge on any atom is -0.236 e. The second-order valence-corrected chi connectivity index (χ2v) is 10.5. The Morgan fingerprint density at radius 2 is 1.46 bits per heavy atom. The molecule has 0 N–H and O–H groups in total. The second kappa shape index (κ2) is 12.6. The van der Waals surface area contributed by atoms with E-state index in [2.05, 4.69) is 128 Å². The summed E-state index contributed by atoms with van der Waals surface area (Å²) in [6.07, 6.45) is 16.4. The molecule has 1 aromatic heterocycles. The quantitative estimate of drug-likeness (QED) is 0.199. The zero-order valence-electron chi connectivity index (χ0n) is 23.4. The lowest BCUT2D eigenvalue weighted by Crippen LogP contribution is -2.07. The van der Waals surface area contributed by atoms with Crippen LogP contribution in [0.3, 0.4) is 0 Å². The third-order valence-electron chi connectivity index (χ3n) is 7.64. The van der Waals surface area contributed by atoms with Gasteiger partial charge < -0.3 is 0 Å². The summed E-state index contributed by atoms with van der Waals surface area (Å²) in [7, 11) is 0. The van der Waals surface area contributed by atoms with Gasteiger partial charge in [-0.25, -0.2) is 9.97 Å². The maximum Gasteiger partial charge on any atom is 0.159 e. The third kappa shape index (κ3) is 6.18. The van der Waals surface area contributed by atoms with Crippen LogP contribution in [0.4, 0.5) is 0 Å². The summed E-state index contributed by atoms with van der Waals surface area (Å²) < 4.78 is 0. The fourth-order valence-electron chi connectivity index (χ4n) is 5.44. The van der Waals surface area contributed by atoms with Crippen LogP contribution in [0, 0.1) is 0 Å². The largest absolute Gasteiger partial charge is 0.236 e. The van der Waals surface area contributed by atoms with Crippen molar-refractivity contribution in [3.63, 3.8) is 0 Å². The van der Waals surface area contributed by atoms with E-state index in [1.54, 1.807) is 0 Å². The molecule has 0 aliphatic heterocycles. The zero-order valence-corrected chi connectivity index (χ0v) is 23.4. The predicted octanol–water partition coefficient (Wildman–Crippen LogP) is 10.1. The highest BCUT2D eigenvalue weighted by atomic mass is 14.9. The third-order valence-corrected chi connectivity index (χ3v) is 7.64. The van der Waals surface area contributed by atoms with Crippen LogP contribution in [0.25, 0.3) is 39.7 Å². The van der Waals surface area contributed by atoms with Crippen LogP contribution >= 0.6 is 0 Å². The number of nitrogens with zero attached hydrogens (tertiary/aromatic N) is 2. The summed E-state index contributed by atoms with van der Waals surface area (Å²) >= 11 is 0. The second-order valence-electron chi connectivity index (χ2n) is 10.5. The minimum atomic E-state index is 0.176. The molecule has 4 aromatic carbocycles. The van der Waals surface area contributed by atoms with Gasteiger partial charge in [-0.1, -0.05) is 140 Å². The van der Waals surface area contributed by atoms with Crippen molar-refractivity contribution in [2.75, 3.05) is 0 Å². The molecule has 2 heteroatoms. The maximum absolute atomic E-state index is 5.20. The first-order valence-corrected chi connectivity index (χ1v) is 14.5. The summed E-state index contributed by atoms with van der Waals surface area (Å²) in [5.74, 6) is 0.943. The first-order chi connectivity index (χ1) is 20.3. The van der Waals surface area contributed by atoms with Crippen molar-refractivity contribution >= 4 is 6.08 Å². The molecule has 1 unspecified atom stereocenters. The van der Waals surface area contributed by atoms with Gasteiger partial charge in [0.2, 0.25) is 0 Å². The van der Waals surface area contributed by atoms with Crippen LogP contribution in [0.1, 0.15) is 42.5 Å². The summed E-state index contributed by atoms with van der Waals surface area (Å²) in [6, 6.07) is 38.2. The molecule has 0 fully saturated rings. The Morgan fingerprint density at radius 3 is 2.22 bits per heavy atom. The molecule has 1 aliphatic carbocycles. The monoisotopic (exact) mass is 530 g/mol. The van der Waals surface area contributed by atoms with Gasteiger partial charge in [-0.2, -0.15) is 0 Å². The molecule has 0 radical (unpaired) electrons. The van der Waals surface area contributed by atoms with E-state index >= 15 is 0 Å². The molecule has 0 amide bonds. The molecule has 1 atom stereocenters. The minimum absolute atomic E-state index is 0.176. The average molecular weight is 531 g/mol. The molecule has 5 aromatic rings. The average Bonchev–Trinajstić information content (AvgIpc) is 3.05. The smallest absolute Gasteiger partial charge is 0.159 e. The van der Waals surface area contributed by atoms with Crippen molar-refractivity contribution < 1.29 is 0 Å². The molecule has 6 rings (SSSR count). The Kier molecular flexibility index (Phi) is 8.10. The van der Waals surface area contributed by atoms with E-state index in [0.717, 1.165) is 47.5 Å². The number of aromatic nitrogens is 2. The molecular formula is C39H34N2. The van der Waals surface area contributed by atoms with Gasteiger partial charge in [-0.05, 0) is 58.7 Å². The molecule has 200 valence electrons. The Morgan fingerprint density at radius 1 is 0.756 bits per heavy atom. The van der Waals surface area contributed by atoms with E-state index in [1.807, 2.05) is 24.4 Å². The lowest BCUT2D eigenvalue weighted by Gasteiger charge is -2.20. The van der Waals surface area contributed by atoms with E-state index in [4.69, 9.17) is 9.97 Å². The van der Waals surface area contributed by atoms with E-state index in [0.29, 0.717) is 0 Å². The summed E-state index contributed by atoms with van der Waals surface area (Å²) in [5.41, 5.74) is 10.7. The van der Waals surface area contributed by atoms with Gasteiger partial charge in [-0.3, -0.25) is 0 Å². The van der Waals surface area contributed by atoms with E-state index in [1.165, 1.54) is 27.8 Å². The Bertz CT molecular complexity index is 1710. The maximum atomic E-state index is 5.20. The SMILES string of the molecule is CC/C=C\c1ccccc1CC1=CCC(c2nc(-c3ccccc3)ncc2-c2cccc(-c3ccccc3)c2)C=C1. The molecule has 0 saturated carbocycles. The normalized spacial score (nSPS) is 14.8. The van der Waals surface area contributed by atoms with E-state index < -0.39 is 0 Å². The molecular weight excluding hydrogens is 496 g/mol. The lowest BCUT2D eigenvalue weighted by atomic mass is 9.87. The van der Waals surface area contributed by atoms with Crippen LogP contribution < -0.4 is 0 Å². The highest BCUT2D eigenvalue weighted by molar-refractivity contribution is 5.75. The number of benzene rings is 4. The lowest BCUT2D eigenvalue weighted by molar-refractivity contribution is 0.802. The first kappa shape index (κ1) is 26.4. The summed E-state index contributed by atoms with van der Waals surface area (Å²) in [6.45, 7) is 2.17. The molecule has 0 saturated heterocycles. The molecule has 41 heavy (non-hydrogen) atoms. The number of hydrogen-bond acceptors (Lipinski definition) is 2. The van der Waals surface area contributed by atoms with Crippen molar-refractivity contribution in [1.29, 1.82) is 0 Å². The van der Waals surface area contributed by atoms with Gasteiger partial charge in [0.25, 0.3) is 0 Å². The van der Waals surface area contributed by atoms with Gasteiger partial charge >= 0.3 is 0 Å². The van der Waals surface area contributed by atoms with Gasteiger partial charge in [0.1, 0.15) is 0 Å². The Balaban J connectivity index is 1.34. The molecule has 1 heterocycles. The van der Waals surface area contributed by atoms with Gasteiger partial charge in [0.15, 0.2) is 5.82 Å². The van der Waals surface area contributed by atoms with Crippen LogP contribution in [0.15, 0.2) is 145 Å². The van der Waals surface area contributed by atoms with Crippen molar-refractivity contribution in [3.8, 4) is 33.6 Å².